The molecule has 0 radical (unpaired) electrons. The standard InChI is InChI=1S/C25H29NO5S/c1-17-21(29-16-18-10-6-4-7-11-18)20(27)22(31-24(28)25(2,3)14-15-26)23(30-17)32-19-12-8-5-9-13-19/h4-13,17,20-23,27H,14,16H2,1-3H3/t17-,20+,21-,22+,23-/m0/s1. The van der Waals surface area contributed by atoms with Gasteiger partial charge in [-0.2, -0.15) is 5.26 Å². The quantitative estimate of drug-likeness (QED) is 0.593. The van der Waals surface area contributed by atoms with E-state index in [1.54, 1.807) is 13.8 Å². The minimum atomic E-state index is -1.09. The van der Waals surface area contributed by atoms with Crippen molar-refractivity contribution in [2.24, 2.45) is 5.41 Å². The Kier molecular flexibility index (Phi) is 8.32. The number of ether oxygens (including phenoxy) is 3. The van der Waals surface area contributed by atoms with E-state index >= 15 is 0 Å². The molecule has 1 fully saturated rings. The van der Waals surface area contributed by atoms with Gasteiger partial charge in [-0.25, -0.2) is 0 Å². The van der Waals surface area contributed by atoms with Gasteiger partial charge in [-0.3, -0.25) is 4.79 Å². The molecule has 6 nitrogen and oxygen atoms in total. The Labute approximate surface area is 193 Å². The summed E-state index contributed by atoms with van der Waals surface area (Å²) in [4.78, 5) is 13.8. The van der Waals surface area contributed by atoms with Gasteiger partial charge < -0.3 is 19.3 Å². The van der Waals surface area contributed by atoms with E-state index in [-0.39, 0.29) is 6.42 Å². The van der Waals surface area contributed by atoms with E-state index in [0.717, 1.165) is 10.5 Å². The predicted molar refractivity (Wildman–Crippen MR) is 122 cm³/mol. The van der Waals surface area contributed by atoms with Gasteiger partial charge in [-0.15, -0.1) is 0 Å². The maximum Gasteiger partial charge on any atom is 0.313 e. The molecule has 0 unspecified atom stereocenters. The van der Waals surface area contributed by atoms with Crippen molar-refractivity contribution >= 4 is 17.7 Å². The number of hydrogen-bond donors (Lipinski definition) is 1. The third kappa shape index (κ3) is 6.11. The Morgan fingerprint density at radius 2 is 1.75 bits per heavy atom. The second-order valence-corrected chi connectivity index (χ2v) is 9.65. The van der Waals surface area contributed by atoms with Crippen LogP contribution in [0, 0.1) is 16.7 Å². The lowest BCUT2D eigenvalue weighted by Crippen LogP contribution is -2.58. The van der Waals surface area contributed by atoms with Gasteiger partial charge in [0.15, 0.2) is 6.10 Å². The first-order valence-electron chi connectivity index (χ1n) is 10.6. The first-order valence-corrected chi connectivity index (χ1v) is 11.5. The fraction of sp³-hybridized carbons (Fsp3) is 0.440. The molecule has 0 saturated carbocycles. The molecule has 1 N–H and O–H groups in total. The van der Waals surface area contributed by atoms with Crippen LogP contribution >= 0.6 is 11.8 Å². The van der Waals surface area contributed by atoms with Crippen molar-refractivity contribution < 1.29 is 24.1 Å². The average Bonchev–Trinajstić information content (AvgIpc) is 2.77. The maximum absolute atomic E-state index is 12.8. The Morgan fingerprint density at radius 1 is 1.12 bits per heavy atom. The van der Waals surface area contributed by atoms with E-state index < -0.39 is 41.2 Å². The zero-order chi connectivity index (χ0) is 23.1. The molecule has 7 heteroatoms. The Morgan fingerprint density at radius 3 is 2.38 bits per heavy atom. The van der Waals surface area contributed by atoms with Gasteiger partial charge >= 0.3 is 5.97 Å². The molecule has 1 saturated heterocycles. The number of carbonyl (C=O) groups is 1. The van der Waals surface area contributed by atoms with E-state index in [9.17, 15) is 9.90 Å². The third-order valence-electron chi connectivity index (χ3n) is 5.35. The SMILES string of the molecule is C[C@@H]1O[C@@H](Sc2ccccc2)[C@H](OC(=O)C(C)(C)CC#N)[C@H](O)[C@H]1OCc1ccccc1. The first-order chi connectivity index (χ1) is 15.3. The molecule has 2 aromatic rings. The van der Waals surface area contributed by atoms with E-state index in [1.807, 2.05) is 73.7 Å². The largest absolute Gasteiger partial charge is 0.455 e. The van der Waals surface area contributed by atoms with Crippen molar-refractivity contribution in [3.8, 4) is 6.07 Å². The van der Waals surface area contributed by atoms with Gasteiger partial charge in [0.1, 0.15) is 17.6 Å². The fourth-order valence-corrected chi connectivity index (χ4v) is 4.56. The lowest BCUT2D eigenvalue weighted by atomic mass is 9.90. The van der Waals surface area contributed by atoms with E-state index in [1.165, 1.54) is 11.8 Å². The molecule has 3 rings (SSSR count). The smallest absolute Gasteiger partial charge is 0.313 e. The number of aliphatic hydroxyl groups is 1. The van der Waals surface area contributed by atoms with Crippen LogP contribution in [0.4, 0.5) is 0 Å². The van der Waals surface area contributed by atoms with Crippen LogP contribution in [0.3, 0.4) is 0 Å². The lowest BCUT2D eigenvalue weighted by molar-refractivity contribution is -0.227. The third-order valence-corrected chi connectivity index (χ3v) is 6.51. The second-order valence-electron chi connectivity index (χ2n) is 8.48. The van der Waals surface area contributed by atoms with Gasteiger partial charge in [0.2, 0.25) is 0 Å². The molecule has 32 heavy (non-hydrogen) atoms. The summed E-state index contributed by atoms with van der Waals surface area (Å²) in [5.74, 6) is -0.554. The Balaban J connectivity index is 1.79. The molecule has 0 aromatic heterocycles. The van der Waals surface area contributed by atoms with Crippen molar-refractivity contribution in [1.82, 2.24) is 0 Å². The molecular weight excluding hydrogens is 426 g/mol. The van der Waals surface area contributed by atoms with E-state index in [0.29, 0.717) is 6.61 Å². The molecule has 1 heterocycles. The van der Waals surface area contributed by atoms with Gasteiger partial charge in [-0.1, -0.05) is 60.3 Å². The number of rotatable bonds is 8. The average molecular weight is 456 g/mol. The summed E-state index contributed by atoms with van der Waals surface area (Å²) in [6.07, 6.45) is -3.14. The molecule has 5 atom stereocenters. The number of esters is 1. The molecule has 0 bridgehead atoms. The van der Waals surface area contributed by atoms with E-state index in [2.05, 4.69) is 0 Å². The summed E-state index contributed by atoms with van der Waals surface area (Å²) in [5.41, 5.74) is -0.655. The van der Waals surface area contributed by atoms with Gasteiger partial charge in [-0.05, 0) is 38.5 Å². The molecule has 170 valence electrons. The number of nitriles is 1. The second kappa shape index (κ2) is 11.0. The molecular formula is C25H29NO5S. The molecule has 0 spiro atoms. The van der Waals surface area contributed by atoms with Crippen LogP contribution < -0.4 is 0 Å². The number of hydrogen-bond acceptors (Lipinski definition) is 7. The highest BCUT2D eigenvalue weighted by Crippen LogP contribution is 2.37. The first kappa shape index (κ1) is 24.3. The van der Waals surface area contributed by atoms with Crippen LogP contribution in [0.5, 0.6) is 0 Å². The molecule has 1 aliphatic heterocycles. The van der Waals surface area contributed by atoms with Crippen molar-refractivity contribution in [2.45, 2.75) is 68.5 Å². The summed E-state index contributed by atoms with van der Waals surface area (Å²) in [7, 11) is 0. The van der Waals surface area contributed by atoms with Crippen LogP contribution in [0.1, 0.15) is 32.8 Å². The molecule has 1 aliphatic rings. The van der Waals surface area contributed by atoms with Crippen molar-refractivity contribution in [3.63, 3.8) is 0 Å². The highest BCUT2D eigenvalue weighted by molar-refractivity contribution is 7.99. The lowest BCUT2D eigenvalue weighted by Gasteiger charge is -2.43. The summed E-state index contributed by atoms with van der Waals surface area (Å²) in [6, 6.07) is 21.3. The number of thioether (sulfide) groups is 1. The van der Waals surface area contributed by atoms with Crippen LogP contribution in [-0.4, -0.2) is 40.9 Å². The highest BCUT2D eigenvalue weighted by Gasteiger charge is 2.48. The normalized spacial score (nSPS) is 25.7. The highest BCUT2D eigenvalue weighted by atomic mass is 32.2. The van der Waals surface area contributed by atoms with Crippen LogP contribution in [-0.2, 0) is 25.6 Å². The number of carbonyl (C=O) groups excluding carboxylic acids is 1. The van der Waals surface area contributed by atoms with E-state index in [4.69, 9.17) is 19.5 Å². The van der Waals surface area contributed by atoms with Gasteiger partial charge in [0, 0.05) is 4.90 Å². The summed E-state index contributed by atoms with van der Waals surface area (Å²) < 4.78 is 18.0. The zero-order valence-corrected chi connectivity index (χ0v) is 19.3. The van der Waals surface area contributed by atoms with Crippen LogP contribution in [0.2, 0.25) is 0 Å². The van der Waals surface area contributed by atoms with Crippen molar-refractivity contribution in [3.05, 3.63) is 66.2 Å². The summed E-state index contributed by atoms with van der Waals surface area (Å²) in [5, 5.41) is 20.3. The number of aliphatic hydroxyl groups excluding tert-OH is 1. The maximum atomic E-state index is 12.8. The molecule has 2 aromatic carbocycles. The van der Waals surface area contributed by atoms with Crippen molar-refractivity contribution in [1.29, 1.82) is 5.26 Å². The summed E-state index contributed by atoms with van der Waals surface area (Å²) >= 11 is 1.38. The zero-order valence-electron chi connectivity index (χ0n) is 18.5. The fourth-order valence-electron chi connectivity index (χ4n) is 3.40. The van der Waals surface area contributed by atoms with Gasteiger partial charge in [0.25, 0.3) is 0 Å². The predicted octanol–water partition coefficient (Wildman–Crippen LogP) is 4.32. The molecule has 0 aliphatic carbocycles. The van der Waals surface area contributed by atoms with Crippen LogP contribution in [0.25, 0.3) is 0 Å². The van der Waals surface area contributed by atoms with Crippen molar-refractivity contribution in [2.75, 3.05) is 0 Å². The van der Waals surface area contributed by atoms with Gasteiger partial charge in [0.05, 0.1) is 30.6 Å². The topological polar surface area (TPSA) is 88.8 Å². The Bertz CT molecular complexity index is 915. The summed E-state index contributed by atoms with van der Waals surface area (Å²) in [6.45, 7) is 5.45. The minimum Gasteiger partial charge on any atom is -0.455 e. The minimum absolute atomic E-state index is 0.0103. The number of nitrogens with zero attached hydrogens (tertiary/aromatic N) is 1. The van der Waals surface area contributed by atoms with Crippen LogP contribution in [0.15, 0.2) is 65.6 Å². The molecule has 0 amide bonds. The Hall–Kier alpha value is -2.37. The number of benzene rings is 2. The monoisotopic (exact) mass is 455 g/mol.